The van der Waals surface area contributed by atoms with E-state index in [1.165, 1.54) is 44.5 Å². The number of halogens is 2. The fourth-order valence-electron chi connectivity index (χ4n) is 2.04. The van der Waals surface area contributed by atoms with Crippen LogP contribution >= 0.6 is 0 Å². The fourth-order valence-corrected chi connectivity index (χ4v) is 3.18. The van der Waals surface area contributed by atoms with Crippen molar-refractivity contribution in [1.29, 1.82) is 0 Å². The van der Waals surface area contributed by atoms with Gasteiger partial charge in [-0.05, 0) is 30.3 Å². The summed E-state index contributed by atoms with van der Waals surface area (Å²) < 4.78 is 57.0. The predicted molar refractivity (Wildman–Crippen MR) is 82.8 cm³/mol. The van der Waals surface area contributed by atoms with Gasteiger partial charge in [-0.1, -0.05) is 6.07 Å². The molecule has 2 aromatic carbocycles. The largest absolute Gasteiger partial charge is 0.465 e. The van der Waals surface area contributed by atoms with Crippen molar-refractivity contribution < 1.29 is 26.7 Å². The van der Waals surface area contributed by atoms with Gasteiger partial charge in [-0.3, -0.25) is 0 Å². The van der Waals surface area contributed by atoms with Gasteiger partial charge < -0.3 is 4.74 Å². The SMILES string of the molecule is COC(=O)c1ccc(S(=O)(=O)N(C)Cc2ccc(F)cc2F)cc1. The molecule has 128 valence electrons. The number of sulfonamides is 1. The third kappa shape index (κ3) is 3.77. The Kier molecular flexibility index (Phi) is 5.30. The molecule has 0 fully saturated rings. The summed E-state index contributed by atoms with van der Waals surface area (Å²) in [6.45, 7) is -0.257. The summed E-state index contributed by atoms with van der Waals surface area (Å²) >= 11 is 0. The first-order valence-electron chi connectivity index (χ1n) is 6.84. The third-order valence-corrected chi connectivity index (χ3v) is 5.21. The maximum Gasteiger partial charge on any atom is 0.337 e. The highest BCUT2D eigenvalue weighted by atomic mass is 32.2. The number of hydrogen-bond acceptors (Lipinski definition) is 4. The van der Waals surface area contributed by atoms with E-state index in [1.807, 2.05) is 0 Å². The zero-order valence-electron chi connectivity index (χ0n) is 13.0. The Morgan fingerprint density at radius 3 is 2.29 bits per heavy atom. The van der Waals surface area contributed by atoms with Gasteiger partial charge in [-0.25, -0.2) is 22.0 Å². The van der Waals surface area contributed by atoms with Gasteiger partial charge >= 0.3 is 5.97 Å². The minimum absolute atomic E-state index is 0.0497. The van der Waals surface area contributed by atoms with Crippen LogP contribution < -0.4 is 0 Å². The van der Waals surface area contributed by atoms with E-state index in [1.54, 1.807) is 0 Å². The normalized spacial score (nSPS) is 11.5. The van der Waals surface area contributed by atoms with Gasteiger partial charge in [0, 0.05) is 25.2 Å². The number of hydrogen-bond donors (Lipinski definition) is 0. The minimum Gasteiger partial charge on any atom is -0.465 e. The molecule has 0 aliphatic rings. The second-order valence-electron chi connectivity index (χ2n) is 5.01. The molecule has 0 heterocycles. The van der Waals surface area contributed by atoms with Crippen LogP contribution in [0.4, 0.5) is 8.78 Å². The smallest absolute Gasteiger partial charge is 0.337 e. The summed E-state index contributed by atoms with van der Waals surface area (Å²) in [5.74, 6) is -2.14. The van der Waals surface area contributed by atoms with Crippen LogP contribution in [0.1, 0.15) is 15.9 Å². The fraction of sp³-hybridized carbons (Fsp3) is 0.188. The Morgan fingerprint density at radius 2 is 1.75 bits per heavy atom. The van der Waals surface area contributed by atoms with Crippen LogP contribution in [0.3, 0.4) is 0 Å². The quantitative estimate of drug-likeness (QED) is 0.774. The van der Waals surface area contributed by atoms with Crippen molar-refractivity contribution in [3.63, 3.8) is 0 Å². The molecule has 24 heavy (non-hydrogen) atoms. The third-order valence-electron chi connectivity index (χ3n) is 3.39. The van der Waals surface area contributed by atoms with Crippen molar-refractivity contribution in [1.82, 2.24) is 4.31 Å². The number of rotatable bonds is 5. The van der Waals surface area contributed by atoms with Crippen molar-refractivity contribution in [2.24, 2.45) is 0 Å². The maximum absolute atomic E-state index is 13.7. The van der Waals surface area contributed by atoms with E-state index < -0.39 is 27.6 Å². The van der Waals surface area contributed by atoms with Crippen molar-refractivity contribution in [3.8, 4) is 0 Å². The number of carbonyl (C=O) groups is 1. The van der Waals surface area contributed by atoms with Gasteiger partial charge in [0.05, 0.1) is 17.6 Å². The monoisotopic (exact) mass is 355 g/mol. The number of benzene rings is 2. The highest BCUT2D eigenvalue weighted by molar-refractivity contribution is 7.89. The molecule has 0 unspecified atom stereocenters. The molecule has 0 saturated heterocycles. The first-order valence-corrected chi connectivity index (χ1v) is 8.28. The van der Waals surface area contributed by atoms with E-state index in [0.717, 1.165) is 10.4 Å². The van der Waals surface area contributed by atoms with Crippen LogP contribution in [0.5, 0.6) is 0 Å². The van der Waals surface area contributed by atoms with Gasteiger partial charge in [0.2, 0.25) is 10.0 Å². The topological polar surface area (TPSA) is 63.7 Å². The molecule has 0 radical (unpaired) electrons. The Labute approximate surface area is 138 Å². The van der Waals surface area contributed by atoms with E-state index >= 15 is 0 Å². The first kappa shape index (κ1) is 18.0. The summed E-state index contributed by atoms with van der Waals surface area (Å²) in [4.78, 5) is 11.3. The molecular formula is C16H15F2NO4S. The Balaban J connectivity index is 2.24. The van der Waals surface area contributed by atoms with Crippen LogP contribution in [0, 0.1) is 11.6 Å². The van der Waals surface area contributed by atoms with Crippen LogP contribution in [-0.2, 0) is 21.3 Å². The van der Waals surface area contributed by atoms with Crippen LogP contribution in [-0.4, -0.2) is 32.8 Å². The molecule has 5 nitrogen and oxygen atoms in total. The van der Waals surface area contributed by atoms with Gasteiger partial charge in [0.1, 0.15) is 11.6 Å². The highest BCUT2D eigenvalue weighted by Crippen LogP contribution is 2.19. The second-order valence-corrected chi connectivity index (χ2v) is 7.06. The van der Waals surface area contributed by atoms with Gasteiger partial charge in [-0.2, -0.15) is 4.31 Å². The molecule has 0 amide bonds. The molecule has 0 N–H and O–H groups in total. The van der Waals surface area contributed by atoms with Crippen LogP contribution in [0.25, 0.3) is 0 Å². The number of methoxy groups -OCH3 is 1. The lowest BCUT2D eigenvalue weighted by atomic mass is 10.2. The molecular weight excluding hydrogens is 340 g/mol. The minimum atomic E-state index is -3.89. The Bertz CT molecular complexity index is 851. The number of nitrogens with zero attached hydrogens (tertiary/aromatic N) is 1. The summed E-state index contributed by atoms with van der Waals surface area (Å²) in [6, 6.07) is 8.12. The summed E-state index contributed by atoms with van der Waals surface area (Å²) in [7, 11) is -1.39. The lowest BCUT2D eigenvalue weighted by Crippen LogP contribution is -2.27. The zero-order chi connectivity index (χ0) is 17.9. The van der Waals surface area contributed by atoms with Crippen molar-refractivity contribution in [2.45, 2.75) is 11.4 Å². The van der Waals surface area contributed by atoms with E-state index in [4.69, 9.17) is 0 Å². The molecule has 0 atom stereocenters. The van der Waals surface area contributed by atoms with Crippen molar-refractivity contribution in [3.05, 3.63) is 65.2 Å². The molecule has 0 spiro atoms. The predicted octanol–water partition coefficient (Wildman–Crippen LogP) is 2.57. The van der Waals surface area contributed by atoms with E-state index in [9.17, 15) is 22.0 Å². The zero-order valence-corrected chi connectivity index (χ0v) is 13.8. The second kappa shape index (κ2) is 7.06. The molecule has 0 aromatic heterocycles. The molecule has 0 bridgehead atoms. The maximum atomic E-state index is 13.7. The van der Waals surface area contributed by atoms with Crippen LogP contribution in [0.15, 0.2) is 47.4 Å². The average molecular weight is 355 g/mol. The molecule has 0 aliphatic heterocycles. The van der Waals surface area contributed by atoms with Crippen molar-refractivity contribution >= 4 is 16.0 Å². The standard InChI is InChI=1S/C16H15F2NO4S/c1-19(10-12-3-6-13(17)9-15(12)18)24(21,22)14-7-4-11(5-8-14)16(20)23-2/h3-9H,10H2,1-2H3. The molecule has 0 aliphatic carbocycles. The average Bonchev–Trinajstić information content (AvgIpc) is 2.56. The number of carbonyl (C=O) groups excluding carboxylic acids is 1. The number of esters is 1. The van der Waals surface area contributed by atoms with Gasteiger partial charge in [-0.15, -0.1) is 0 Å². The first-order chi connectivity index (χ1) is 11.3. The van der Waals surface area contributed by atoms with E-state index in [-0.39, 0.29) is 22.6 Å². The van der Waals surface area contributed by atoms with E-state index in [2.05, 4.69) is 4.74 Å². The molecule has 2 rings (SSSR count). The number of ether oxygens (including phenoxy) is 1. The highest BCUT2D eigenvalue weighted by Gasteiger charge is 2.22. The molecule has 2 aromatic rings. The lowest BCUT2D eigenvalue weighted by Gasteiger charge is -2.18. The molecule has 0 saturated carbocycles. The summed E-state index contributed by atoms with van der Waals surface area (Å²) in [5, 5.41) is 0. The summed E-state index contributed by atoms with van der Waals surface area (Å²) in [5.41, 5.74) is 0.261. The van der Waals surface area contributed by atoms with E-state index in [0.29, 0.717) is 6.07 Å². The Hall–Kier alpha value is -2.32. The van der Waals surface area contributed by atoms with Crippen molar-refractivity contribution in [2.75, 3.05) is 14.2 Å². The molecule has 8 heteroatoms. The summed E-state index contributed by atoms with van der Waals surface area (Å²) in [6.07, 6.45) is 0. The lowest BCUT2D eigenvalue weighted by molar-refractivity contribution is 0.0600. The Morgan fingerprint density at radius 1 is 1.12 bits per heavy atom. The van der Waals surface area contributed by atoms with Gasteiger partial charge in [0.15, 0.2) is 0 Å². The van der Waals surface area contributed by atoms with Gasteiger partial charge in [0.25, 0.3) is 0 Å². The van der Waals surface area contributed by atoms with Crippen LogP contribution in [0.2, 0.25) is 0 Å².